The molecule has 8 nitrogen and oxygen atoms in total. The summed E-state index contributed by atoms with van der Waals surface area (Å²) in [5.41, 5.74) is 3.68. The molecular formula is C25H20ClN3O5. The zero-order valence-electron chi connectivity index (χ0n) is 18.1. The Labute approximate surface area is 199 Å². The van der Waals surface area contributed by atoms with Crippen molar-refractivity contribution in [3.8, 4) is 22.6 Å². The zero-order chi connectivity index (χ0) is 23.7. The summed E-state index contributed by atoms with van der Waals surface area (Å²) in [6, 6.07) is 15.9. The minimum Gasteiger partial charge on any atom is -0.486 e. The Kier molecular flexibility index (Phi) is 5.81. The van der Waals surface area contributed by atoms with Crippen LogP contribution in [0.25, 0.3) is 22.1 Å². The van der Waals surface area contributed by atoms with Crippen LogP contribution in [-0.2, 0) is 4.79 Å². The number of nitrogens with one attached hydrogen (secondary N) is 1. The van der Waals surface area contributed by atoms with Crippen LogP contribution in [0.4, 0.5) is 11.5 Å². The first-order valence-corrected chi connectivity index (χ1v) is 11.0. The van der Waals surface area contributed by atoms with Gasteiger partial charge in [0, 0.05) is 11.8 Å². The van der Waals surface area contributed by atoms with Gasteiger partial charge in [0.25, 0.3) is 0 Å². The number of benzene rings is 3. The van der Waals surface area contributed by atoms with Crippen LogP contribution in [0.5, 0.6) is 11.5 Å². The Morgan fingerprint density at radius 1 is 1.15 bits per heavy atom. The molecule has 34 heavy (non-hydrogen) atoms. The van der Waals surface area contributed by atoms with Gasteiger partial charge >= 0.3 is 5.97 Å². The van der Waals surface area contributed by atoms with E-state index in [2.05, 4.69) is 15.5 Å². The molecule has 0 bridgehead atoms. The largest absolute Gasteiger partial charge is 0.486 e. The lowest BCUT2D eigenvalue weighted by Gasteiger charge is -2.19. The van der Waals surface area contributed by atoms with Gasteiger partial charge in [-0.25, -0.2) is 4.79 Å². The van der Waals surface area contributed by atoms with E-state index in [1.165, 1.54) is 13.1 Å². The van der Waals surface area contributed by atoms with Gasteiger partial charge < -0.3 is 24.4 Å². The zero-order valence-corrected chi connectivity index (χ0v) is 18.9. The topological polar surface area (TPSA) is 106 Å². The van der Waals surface area contributed by atoms with Crippen molar-refractivity contribution in [1.82, 2.24) is 5.16 Å². The van der Waals surface area contributed by atoms with E-state index in [4.69, 9.17) is 30.7 Å². The minimum atomic E-state index is -0.989. The molecule has 0 saturated carbocycles. The van der Waals surface area contributed by atoms with Crippen LogP contribution in [0.2, 0.25) is 5.02 Å². The molecule has 172 valence electrons. The van der Waals surface area contributed by atoms with Crippen molar-refractivity contribution in [2.75, 3.05) is 18.5 Å². The summed E-state index contributed by atoms with van der Waals surface area (Å²) in [6.07, 6.45) is 1.52. The van der Waals surface area contributed by atoms with Gasteiger partial charge in [-0.2, -0.15) is 0 Å². The van der Waals surface area contributed by atoms with Gasteiger partial charge in [0.15, 0.2) is 22.9 Å². The molecule has 3 aromatic carbocycles. The van der Waals surface area contributed by atoms with Crippen LogP contribution in [0.3, 0.4) is 0 Å². The second-order valence-corrected chi connectivity index (χ2v) is 8.11. The van der Waals surface area contributed by atoms with Crippen LogP contribution in [0.15, 0.2) is 64.1 Å². The van der Waals surface area contributed by atoms with E-state index in [1.807, 2.05) is 42.5 Å². The summed E-state index contributed by atoms with van der Waals surface area (Å²) < 4.78 is 16.7. The van der Waals surface area contributed by atoms with Crippen LogP contribution < -0.4 is 14.8 Å². The van der Waals surface area contributed by atoms with Gasteiger partial charge in [-0.1, -0.05) is 35.0 Å². The van der Waals surface area contributed by atoms with Gasteiger partial charge in [-0.3, -0.25) is 4.99 Å². The lowest BCUT2D eigenvalue weighted by molar-refractivity contribution is -0.137. The van der Waals surface area contributed by atoms with E-state index in [1.54, 1.807) is 12.1 Å². The number of aromatic nitrogens is 1. The molecule has 1 aliphatic heterocycles. The molecule has 0 aliphatic carbocycles. The number of nitrogens with zero attached hydrogens (tertiary/aromatic N) is 2. The molecule has 1 aliphatic rings. The Morgan fingerprint density at radius 3 is 2.79 bits per heavy atom. The number of hydrogen-bond acceptors (Lipinski definition) is 7. The molecule has 0 amide bonds. The van der Waals surface area contributed by atoms with Gasteiger partial charge in [0.05, 0.1) is 16.1 Å². The predicted octanol–water partition coefficient (Wildman–Crippen LogP) is 5.56. The lowest BCUT2D eigenvalue weighted by atomic mass is 10.0. The van der Waals surface area contributed by atoms with E-state index in [9.17, 15) is 4.79 Å². The molecule has 9 heteroatoms. The maximum atomic E-state index is 11.0. The first-order valence-electron chi connectivity index (χ1n) is 10.6. The van der Waals surface area contributed by atoms with Gasteiger partial charge in [0.2, 0.25) is 0 Å². The number of hydrogen-bond donors (Lipinski definition) is 2. The van der Waals surface area contributed by atoms with Crippen molar-refractivity contribution in [1.29, 1.82) is 0 Å². The third-order valence-corrected chi connectivity index (χ3v) is 5.81. The molecule has 2 heterocycles. The summed E-state index contributed by atoms with van der Waals surface area (Å²) in [6.45, 7) is 2.55. The minimum absolute atomic E-state index is 0.484. The molecule has 1 atom stereocenters. The Hall–Kier alpha value is -4.04. The van der Waals surface area contributed by atoms with Gasteiger partial charge in [-0.05, 0) is 54.4 Å². The number of carboxylic acids is 1. The van der Waals surface area contributed by atoms with Gasteiger partial charge in [0.1, 0.15) is 19.3 Å². The number of fused-ring (bicyclic) bond motifs is 2. The highest BCUT2D eigenvalue weighted by atomic mass is 35.5. The van der Waals surface area contributed by atoms with Crippen molar-refractivity contribution < 1.29 is 23.9 Å². The fourth-order valence-electron chi connectivity index (χ4n) is 3.58. The fraction of sp³-hybridized carbons (Fsp3) is 0.160. The second-order valence-electron chi connectivity index (χ2n) is 7.73. The van der Waals surface area contributed by atoms with Crippen LogP contribution in [0, 0.1) is 0 Å². The van der Waals surface area contributed by atoms with E-state index < -0.39 is 12.0 Å². The highest BCUT2D eigenvalue weighted by molar-refractivity contribution is 6.36. The van der Waals surface area contributed by atoms with Crippen molar-refractivity contribution >= 4 is 46.3 Å². The van der Waals surface area contributed by atoms with E-state index >= 15 is 0 Å². The van der Waals surface area contributed by atoms with Crippen LogP contribution in [0.1, 0.15) is 12.5 Å². The summed E-state index contributed by atoms with van der Waals surface area (Å²) >= 11 is 6.77. The summed E-state index contributed by atoms with van der Waals surface area (Å²) in [5.74, 6) is 0.897. The van der Waals surface area contributed by atoms with Crippen LogP contribution in [-0.4, -0.2) is 41.7 Å². The van der Waals surface area contributed by atoms with E-state index in [-0.39, 0.29) is 0 Å². The Morgan fingerprint density at radius 2 is 1.97 bits per heavy atom. The van der Waals surface area contributed by atoms with Crippen LogP contribution >= 0.6 is 11.6 Å². The molecule has 0 fully saturated rings. The Balaban J connectivity index is 1.45. The average molecular weight is 478 g/mol. The normalized spacial score (nSPS) is 13.8. The summed E-state index contributed by atoms with van der Waals surface area (Å²) in [4.78, 5) is 15.1. The third kappa shape index (κ3) is 4.27. The monoisotopic (exact) mass is 477 g/mol. The number of carbonyl (C=O) groups is 1. The Bertz CT molecular complexity index is 1420. The SMILES string of the molecule is C[C@H](N=Cc1ccc2onc(Nc3cccc(-c4ccc5c(c4)OCCO5)c3Cl)c2c1)C(=O)O. The molecule has 0 spiro atoms. The number of rotatable bonds is 6. The smallest absolute Gasteiger partial charge is 0.328 e. The maximum absolute atomic E-state index is 11.0. The van der Waals surface area contributed by atoms with Crippen molar-refractivity contribution in [2.45, 2.75) is 13.0 Å². The van der Waals surface area contributed by atoms with Crippen molar-refractivity contribution in [2.24, 2.45) is 4.99 Å². The molecule has 1 aromatic heterocycles. The van der Waals surface area contributed by atoms with Crippen molar-refractivity contribution in [3.05, 3.63) is 65.2 Å². The summed E-state index contributed by atoms with van der Waals surface area (Å²) in [7, 11) is 0. The molecular weight excluding hydrogens is 458 g/mol. The maximum Gasteiger partial charge on any atom is 0.328 e. The molecule has 2 N–H and O–H groups in total. The molecule has 0 unspecified atom stereocenters. The number of aliphatic imine (C=N–C) groups is 1. The first kappa shape index (κ1) is 21.8. The lowest BCUT2D eigenvalue weighted by Crippen LogP contribution is -2.15. The quantitative estimate of drug-likeness (QED) is 0.350. The fourth-order valence-corrected chi connectivity index (χ4v) is 3.86. The number of ether oxygens (including phenoxy) is 2. The number of carboxylic acid groups (broad SMARTS) is 1. The standard InChI is InChI=1S/C25H20ClN3O5/c1-14(25(30)31)27-13-15-5-7-20-18(11-15)24(29-34-20)28-19-4-2-3-17(23(19)26)16-6-8-21-22(12-16)33-10-9-32-21/h2-8,11-14H,9-10H2,1H3,(H,28,29)(H,30,31)/t14-/m0/s1. The average Bonchev–Trinajstić information content (AvgIpc) is 3.25. The highest BCUT2D eigenvalue weighted by Crippen LogP contribution is 2.40. The number of anilines is 2. The molecule has 0 saturated heterocycles. The number of halogens is 1. The highest BCUT2D eigenvalue weighted by Gasteiger charge is 2.16. The second kappa shape index (κ2) is 9.07. The van der Waals surface area contributed by atoms with E-state index in [0.29, 0.717) is 52.2 Å². The molecule has 0 radical (unpaired) electrons. The predicted molar refractivity (Wildman–Crippen MR) is 130 cm³/mol. The van der Waals surface area contributed by atoms with Crippen molar-refractivity contribution in [3.63, 3.8) is 0 Å². The van der Waals surface area contributed by atoms with Gasteiger partial charge in [-0.15, -0.1) is 0 Å². The first-order chi connectivity index (χ1) is 16.5. The third-order valence-electron chi connectivity index (χ3n) is 5.40. The number of aliphatic carboxylic acids is 1. The van der Waals surface area contributed by atoms with E-state index in [0.717, 1.165) is 16.7 Å². The molecule has 5 rings (SSSR count). The molecule has 4 aromatic rings. The summed E-state index contributed by atoms with van der Waals surface area (Å²) in [5, 5.41) is 17.6.